The molecule has 0 unspecified atom stereocenters. The minimum absolute atomic E-state index is 0.571. The third kappa shape index (κ3) is 3.00. The van der Waals surface area contributed by atoms with E-state index in [0.717, 1.165) is 28.3 Å². The predicted octanol–water partition coefficient (Wildman–Crippen LogP) is 3.34. The summed E-state index contributed by atoms with van der Waals surface area (Å²) in [4.78, 5) is 4.23. The quantitative estimate of drug-likeness (QED) is 0.919. The maximum Gasteiger partial charge on any atom is 0.222 e. The molecule has 1 heterocycles. The Morgan fingerprint density at radius 3 is 2.89 bits per heavy atom. The fraction of sp³-hybridized carbons (Fsp3) is 0.214. The SMILES string of the molecule is Cc1cc(Oc2ncccc2CCN)ccc1Cl. The van der Waals surface area contributed by atoms with Crippen molar-refractivity contribution in [2.24, 2.45) is 5.73 Å². The molecule has 3 nitrogen and oxygen atoms in total. The van der Waals surface area contributed by atoms with Crippen LogP contribution in [0.5, 0.6) is 11.6 Å². The van der Waals surface area contributed by atoms with E-state index in [1.165, 1.54) is 0 Å². The van der Waals surface area contributed by atoms with Crippen LogP contribution in [0.25, 0.3) is 0 Å². The molecule has 0 saturated carbocycles. The Kier molecular flexibility index (Phi) is 4.18. The lowest BCUT2D eigenvalue weighted by Crippen LogP contribution is -2.04. The van der Waals surface area contributed by atoms with E-state index in [9.17, 15) is 0 Å². The van der Waals surface area contributed by atoms with Crippen LogP contribution in [0, 0.1) is 6.92 Å². The van der Waals surface area contributed by atoms with Gasteiger partial charge in [0.05, 0.1) is 0 Å². The fourth-order valence-electron chi connectivity index (χ4n) is 1.65. The van der Waals surface area contributed by atoms with Gasteiger partial charge in [-0.15, -0.1) is 0 Å². The van der Waals surface area contributed by atoms with Gasteiger partial charge >= 0.3 is 0 Å². The largest absolute Gasteiger partial charge is 0.439 e. The molecule has 2 rings (SSSR count). The van der Waals surface area contributed by atoms with Crippen molar-refractivity contribution in [3.05, 3.63) is 52.7 Å². The molecule has 94 valence electrons. The van der Waals surface area contributed by atoms with Crippen LogP contribution in [-0.2, 0) is 6.42 Å². The molecule has 0 fully saturated rings. The molecule has 2 N–H and O–H groups in total. The summed E-state index contributed by atoms with van der Waals surface area (Å²) in [5.41, 5.74) is 7.55. The van der Waals surface area contributed by atoms with Gasteiger partial charge in [-0.1, -0.05) is 17.7 Å². The zero-order valence-electron chi connectivity index (χ0n) is 10.2. The number of nitrogens with two attached hydrogens (primary N) is 1. The summed E-state index contributed by atoms with van der Waals surface area (Å²) in [6, 6.07) is 9.39. The number of hydrogen-bond acceptors (Lipinski definition) is 3. The van der Waals surface area contributed by atoms with Crippen molar-refractivity contribution in [3.63, 3.8) is 0 Å². The Balaban J connectivity index is 2.25. The molecule has 0 bridgehead atoms. The van der Waals surface area contributed by atoms with Crippen molar-refractivity contribution in [2.45, 2.75) is 13.3 Å². The normalized spacial score (nSPS) is 10.4. The highest BCUT2D eigenvalue weighted by molar-refractivity contribution is 6.31. The minimum Gasteiger partial charge on any atom is -0.439 e. The number of aryl methyl sites for hydroxylation is 1. The van der Waals surface area contributed by atoms with Crippen LogP contribution in [0.2, 0.25) is 5.02 Å². The first kappa shape index (κ1) is 12.9. The molecule has 1 aromatic heterocycles. The summed E-state index contributed by atoms with van der Waals surface area (Å²) in [6.07, 6.45) is 2.45. The van der Waals surface area contributed by atoms with Crippen LogP contribution in [-0.4, -0.2) is 11.5 Å². The minimum atomic E-state index is 0.571. The molecule has 0 amide bonds. The zero-order chi connectivity index (χ0) is 13.0. The molecule has 0 spiro atoms. The molecule has 0 atom stereocenters. The zero-order valence-corrected chi connectivity index (χ0v) is 10.9. The third-order valence-corrected chi connectivity index (χ3v) is 3.03. The van der Waals surface area contributed by atoms with Crippen molar-refractivity contribution in [3.8, 4) is 11.6 Å². The lowest BCUT2D eigenvalue weighted by atomic mass is 10.2. The molecule has 2 aromatic rings. The molecule has 0 aliphatic rings. The predicted molar refractivity (Wildman–Crippen MR) is 73.3 cm³/mol. The van der Waals surface area contributed by atoms with Crippen molar-refractivity contribution in [1.29, 1.82) is 0 Å². The summed E-state index contributed by atoms with van der Waals surface area (Å²) in [7, 11) is 0. The van der Waals surface area contributed by atoms with E-state index < -0.39 is 0 Å². The van der Waals surface area contributed by atoms with Gasteiger partial charge in [-0.25, -0.2) is 4.98 Å². The highest BCUT2D eigenvalue weighted by Crippen LogP contribution is 2.26. The van der Waals surface area contributed by atoms with Crippen LogP contribution in [0.4, 0.5) is 0 Å². The van der Waals surface area contributed by atoms with Crippen LogP contribution in [0.15, 0.2) is 36.5 Å². The number of aromatic nitrogens is 1. The van der Waals surface area contributed by atoms with Gasteiger partial charge in [-0.3, -0.25) is 0 Å². The van der Waals surface area contributed by atoms with Crippen molar-refractivity contribution in [1.82, 2.24) is 4.98 Å². The molecule has 0 aliphatic carbocycles. The van der Waals surface area contributed by atoms with Gasteiger partial charge in [0.25, 0.3) is 0 Å². The van der Waals surface area contributed by atoms with E-state index >= 15 is 0 Å². The van der Waals surface area contributed by atoms with E-state index in [2.05, 4.69) is 4.98 Å². The topological polar surface area (TPSA) is 48.1 Å². The van der Waals surface area contributed by atoms with Crippen LogP contribution in [0.3, 0.4) is 0 Å². The number of halogens is 1. The number of nitrogens with zero attached hydrogens (tertiary/aromatic N) is 1. The van der Waals surface area contributed by atoms with Gasteiger partial charge in [0.1, 0.15) is 5.75 Å². The monoisotopic (exact) mass is 262 g/mol. The third-order valence-electron chi connectivity index (χ3n) is 2.61. The summed E-state index contributed by atoms with van der Waals surface area (Å²) in [5, 5.41) is 0.727. The number of hydrogen-bond donors (Lipinski definition) is 1. The Hall–Kier alpha value is -1.58. The van der Waals surface area contributed by atoms with Crippen LogP contribution >= 0.6 is 11.6 Å². The Morgan fingerprint density at radius 2 is 2.17 bits per heavy atom. The molecule has 0 radical (unpaired) electrons. The van der Waals surface area contributed by atoms with E-state index in [4.69, 9.17) is 22.1 Å². The smallest absolute Gasteiger partial charge is 0.222 e. The Morgan fingerprint density at radius 1 is 1.33 bits per heavy atom. The van der Waals surface area contributed by atoms with E-state index in [1.807, 2.05) is 37.3 Å². The second kappa shape index (κ2) is 5.85. The summed E-state index contributed by atoms with van der Waals surface area (Å²) < 4.78 is 5.77. The summed E-state index contributed by atoms with van der Waals surface area (Å²) >= 11 is 5.98. The molecule has 0 aliphatic heterocycles. The average Bonchev–Trinajstić information content (AvgIpc) is 2.37. The number of benzene rings is 1. The standard InChI is InChI=1S/C14H15ClN2O/c1-10-9-12(4-5-13(10)15)18-14-11(6-7-16)3-2-8-17-14/h2-5,8-9H,6-7,16H2,1H3. The lowest BCUT2D eigenvalue weighted by molar-refractivity contribution is 0.456. The van der Waals surface area contributed by atoms with E-state index in [1.54, 1.807) is 6.20 Å². The maximum absolute atomic E-state index is 5.98. The first-order valence-corrected chi connectivity index (χ1v) is 6.16. The first-order chi connectivity index (χ1) is 8.70. The van der Waals surface area contributed by atoms with Crippen LogP contribution < -0.4 is 10.5 Å². The molecule has 4 heteroatoms. The van der Waals surface area contributed by atoms with Gasteiger partial charge in [0.15, 0.2) is 0 Å². The summed E-state index contributed by atoms with van der Waals surface area (Å²) in [5.74, 6) is 1.33. The van der Waals surface area contributed by atoms with Gasteiger partial charge in [0.2, 0.25) is 5.88 Å². The molecule has 18 heavy (non-hydrogen) atoms. The molecule has 0 saturated heterocycles. The molecular weight excluding hydrogens is 248 g/mol. The van der Waals surface area contributed by atoms with Crippen molar-refractivity contribution in [2.75, 3.05) is 6.54 Å². The Bertz CT molecular complexity index is 543. The number of ether oxygens (including phenoxy) is 1. The van der Waals surface area contributed by atoms with Gasteiger partial charge in [-0.05, 0) is 49.7 Å². The fourth-order valence-corrected chi connectivity index (χ4v) is 1.77. The summed E-state index contributed by atoms with van der Waals surface area (Å²) in [6.45, 7) is 2.51. The van der Waals surface area contributed by atoms with Crippen LogP contribution in [0.1, 0.15) is 11.1 Å². The van der Waals surface area contributed by atoms with Crippen molar-refractivity contribution < 1.29 is 4.74 Å². The van der Waals surface area contributed by atoms with E-state index in [-0.39, 0.29) is 0 Å². The Labute approximate surface area is 112 Å². The van der Waals surface area contributed by atoms with Crippen molar-refractivity contribution >= 4 is 11.6 Å². The van der Waals surface area contributed by atoms with Gasteiger partial charge in [-0.2, -0.15) is 0 Å². The number of pyridine rings is 1. The van der Waals surface area contributed by atoms with E-state index in [0.29, 0.717) is 12.4 Å². The second-order valence-electron chi connectivity index (χ2n) is 4.02. The van der Waals surface area contributed by atoms with Gasteiger partial charge in [0, 0.05) is 16.8 Å². The highest BCUT2D eigenvalue weighted by Gasteiger charge is 2.06. The molecular formula is C14H15ClN2O. The highest BCUT2D eigenvalue weighted by atomic mass is 35.5. The first-order valence-electron chi connectivity index (χ1n) is 5.78. The average molecular weight is 263 g/mol. The maximum atomic E-state index is 5.98. The second-order valence-corrected chi connectivity index (χ2v) is 4.43. The number of rotatable bonds is 4. The lowest BCUT2D eigenvalue weighted by Gasteiger charge is -2.10. The van der Waals surface area contributed by atoms with Gasteiger partial charge < -0.3 is 10.5 Å². The molecule has 1 aromatic carbocycles.